The SMILES string of the molecule is C=CC(C)(CCC(O)C(C)C(=O)OC)OC(C)=O. The molecule has 0 aliphatic heterocycles. The summed E-state index contributed by atoms with van der Waals surface area (Å²) in [5, 5.41) is 9.84. The summed E-state index contributed by atoms with van der Waals surface area (Å²) >= 11 is 0. The third kappa shape index (κ3) is 5.31. The molecular formula is C13H22O5. The summed E-state index contributed by atoms with van der Waals surface area (Å²) in [6.45, 7) is 8.22. The molecule has 0 aliphatic rings. The van der Waals surface area contributed by atoms with Crippen LogP contribution in [0.15, 0.2) is 12.7 Å². The van der Waals surface area contributed by atoms with E-state index in [-0.39, 0.29) is 0 Å². The van der Waals surface area contributed by atoms with E-state index in [1.54, 1.807) is 13.8 Å². The number of hydrogen-bond acceptors (Lipinski definition) is 5. The Labute approximate surface area is 108 Å². The monoisotopic (exact) mass is 258 g/mol. The summed E-state index contributed by atoms with van der Waals surface area (Å²) in [6.07, 6.45) is 1.38. The second-order valence-corrected chi connectivity index (χ2v) is 4.53. The summed E-state index contributed by atoms with van der Waals surface area (Å²) in [5.41, 5.74) is -0.831. The van der Waals surface area contributed by atoms with Gasteiger partial charge in [0.25, 0.3) is 0 Å². The molecule has 3 atom stereocenters. The highest BCUT2D eigenvalue weighted by Gasteiger charge is 2.28. The van der Waals surface area contributed by atoms with Gasteiger partial charge in [-0.25, -0.2) is 0 Å². The third-order valence-electron chi connectivity index (χ3n) is 2.90. The highest BCUT2D eigenvalue weighted by molar-refractivity contribution is 5.72. The van der Waals surface area contributed by atoms with Crippen molar-refractivity contribution in [2.45, 2.75) is 45.3 Å². The van der Waals surface area contributed by atoms with Crippen LogP contribution in [0, 0.1) is 5.92 Å². The van der Waals surface area contributed by atoms with Gasteiger partial charge >= 0.3 is 11.9 Å². The zero-order chi connectivity index (χ0) is 14.3. The van der Waals surface area contributed by atoms with E-state index in [0.29, 0.717) is 12.8 Å². The lowest BCUT2D eigenvalue weighted by atomic mass is 9.93. The minimum atomic E-state index is -0.840. The van der Waals surface area contributed by atoms with Gasteiger partial charge in [-0.05, 0) is 32.8 Å². The fraction of sp³-hybridized carbons (Fsp3) is 0.692. The van der Waals surface area contributed by atoms with Gasteiger partial charge in [0.15, 0.2) is 0 Å². The summed E-state index contributed by atoms with van der Waals surface area (Å²) in [6, 6.07) is 0. The Morgan fingerprint density at radius 3 is 2.44 bits per heavy atom. The zero-order valence-electron chi connectivity index (χ0n) is 11.4. The Kier molecular flexibility index (Phi) is 6.62. The van der Waals surface area contributed by atoms with E-state index in [1.807, 2.05) is 0 Å². The summed E-state index contributed by atoms with van der Waals surface area (Å²) in [7, 11) is 1.28. The van der Waals surface area contributed by atoms with Crippen LogP contribution in [0.1, 0.15) is 33.6 Å². The van der Waals surface area contributed by atoms with Crippen LogP contribution in [-0.4, -0.2) is 35.9 Å². The lowest BCUT2D eigenvalue weighted by molar-refractivity contribution is -0.154. The number of hydrogen-bond donors (Lipinski definition) is 1. The van der Waals surface area contributed by atoms with Crippen molar-refractivity contribution in [3.8, 4) is 0 Å². The van der Waals surface area contributed by atoms with Gasteiger partial charge in [0, 0.05) is 6.92 Å². The molecule has 0 fully saturated rings. The van der Waals surface area contributed by atoms with Crippen molar-refractivity contribution in [2.75, 3.05) is 7.11 Å². The fourth-order valence-electron chi connectivity index (χ4n) is 1.55. The number of esters is 2. The van der Waals surface area contributed by atoms with E-state index >= 15 is 0 Å². The molecular weight excluding hydrogens is 236 g/mol. The van der Waals surface area contributed by atoms with Crippen molar-refractivity contribution >= 4 is 11.9 Å². The molecule has 0 aromatic rings. The lowest BCUT2D eigenvalue weighted by Gasteiger charge is -2.27. The first-order valence-corrected chi connectivity index (χ1v) is 5.85. The average Bonchev–Trinajstić information content (AvgIpc) is 2.33. The molecule has 1 N–H and O–H groups in total. The smallest absolute Gasteiger partial charge is 0.311 e. The first kappa shape index (κ1) is 16.6. The van der Waals surface area contributed by atoms with Crippen LogP contribution in [0.5, 0.6) is 0 Å². The van der Waals surface area contributed by atoms with E-state index in [4.69, 9.17) is 4.74 Å². The van der Waals surface area contributed by atoms with Crippen molar-refractivity contribution in [1.82, 2.24) is 0 Å². The predicted molar refractivity (Wildman–Crippen MR) is 66.8 cm³/mol. The van der Waals surface area contributed by atoms with Crippen LogP contribution in [-0.2, 0) is 19.1 Å². The summed E-state index contributed by atoms with van der Waals surface area (Å²) < 4.78 is 9.67. The number of methoxy groups -OCH3 is 1. The number of aliphatic hydroxyl groups excluding tert-OH is 1. The molecule has 0 aromatic carbocycles. The minimum absolute atomic E-state index is 0.312. The first-order valence-electron chi connectivity index (χ1n) is 5.85. The van der Waals surface area contributed by atoms with Crippen molar-refractivity contribution < 1.29 is 24.2 Å². The van der Waals surface area contributed by atoms with Gasteiger partial charge in [0.05, 0.1) is 19.1 Å². The molecule has 0 aliphatic carbocycles. The highest BCUT2D eigenvalue weighted by Crippen LogP contribution is 2.22. The largest absolute Gasteiger partial charge is 0.469 e. The van der Waals surface area contributed by atoms with Crippen LogP contribution in [0.25, 0.3) is 0 Å². The van der Waals surface area contributed by atoms with Gasteiger partial charge in [0.2, 0.25) is 0 Å². The van der Waals surface area contributed by atoms with E-state index in [9.17, 15) is 14.7 Å². The van der Waals surface area contributed by atoms with Gasteiger partial charge in [0.1, 0.15) is 5.60 Å². The van der Waals surface area contributed by atoms with Crippen LogP contribution < -0.4 is 0 Å². The Bertz CT molecular complexity index is 313. The van der Waals surface area contributed by atoms with Gasteiger partial charge in [-0.3, -0.25) is 9.59 Å². The second-order valence-electron chi connectivity index (χ2n) is 4.53. The summed E-state index contributed by atoms with van der Waals surface area (Å²) in [5.74, 6) is -1.48. The van der Waals surface area contributed by atoms with Gasteiger partial charge in [-0.15, -0.1) is 0 Å². The zero-order valence-corrected chi connectivity index (χ0v) is 11.4. The quantitative estimate of drug-likeness (QED) is 0.552. The van der Waals surface area contributed by atoms with Crippen molar-refractivity contribution in [3.05, 3.63) is 12.7 Å². The maximum Gasteiger partial charge on any atom is 0.311 e. The van der Waals surface area contributed by atoms with Crippen molar-refractivity contribution in [1.29, 1.82) is 0 Å². The van der Waals surface area contributed by atoms with E-state index < -0.39 is 29.6 Å². The molecule has 18 heavy (non-hydrogen) atoms. The molecule has 0 rings (SSSR count). The van der Waals surface area contributed by atoms with Crippen LogP contribution in [0.4, 0.5) is 0 Å². The van der Waals surface area contributed by atoms with E-state index in [2.05, 4.69) is 11.3 Å². The topological polar surface area (TPSA) is 72.8 Å². The Hall–Kier alpha value is -1.36. The normalized spacial score (nSPS) is 17.2. The van der Waals surface area contributed by atoms with Crippen LogP contribution >= 0.6 is 0 Å². The average molecular weight is 258 g/mol. The van der Waals surface area contributed by atoms with Crippen LogP contribution in [0.3, 0.4) is 0 Å². The van der Waals surface area contributed by atoms with E-state index in [0.717, 1.165) is 0 Å². The standard InChI is InChI=1S/C13H22O5/c1-6-13(4,18-10(3)14)8-7-11(15)9(2)12(16)17-5/h6,9,11,15H,1,7-8H2,2-5H3. The molecule has 0 heterocycles. The Morgan fingerprint density at radius 2 is 2.06 bits per heavy atom. The Balaban J connectivity index is 4.40. The molecule has 5 heteroatoms. The number of carbonyl (C=O) groups is 2. The fourth-order valence-corrected chi connectivity index (χ4v) is 1.55. The molecule has 104 valence electrons. The Morgan fingerprint density at radius 1 is 1.50 bits per heavy atom. The maximum atomic E-state index is 11.2. The van der Waals surface area contributed by atoms with Crippen LogP contribution in [0.2, 0.25) is 0 Å². The van der Waals surface area contributed by atoms with Gasteiger partial charge in [-0.2, -0.15) is 0 Å². The lowest BCUT2D eigenvalue weighted by Crippen LogP contribution is -2.32. The number of carbonyl (C=O) groups excluding carboxylic acids is 2. The number of ether oxygens (including phenoxy) is 2. The third-order valence-corrected chi connectivity index (χ3v) is 2.90. The minimum Gasteiger partial charge on any atom is -0.469 e. The van der Waals surface area contributed by atoms with Gasteiger partial charge < -0.3 is 14.6 Å². The van der Waals surface area contributed by atoms with Gasteiger partial charge in [-0.1, -0.05) is 6.58 Å². The highest BCUT2D eigenvalue weighted by atomic mass is 16.6. The molecule has 0 aromatic heterocycles. The maximum absolute atomic E-state index is 11.2. The molecule has 0 bridgehead atoms. The second kappa shape index (κ2) is 7.16. The predicted octanol–water partition coefficient (Wildman–Crippen LogP) is 1.44. The van der Waals surface area contributed by atoms with Crippen molar-refractivity contribution in [2.24, 2.45) is 5.92 Å². The van der Waals surface area contributed by atoms with E-state index in [1.165, 1.54) is 20.1 Å². The van der Waals surface area contributed by atoms with Crippen molar-refractivity contribution in [3.63, 3.8) is 0 Å². The number of aliphatic hydroxyl groups is 1. The molecule has 0 radical (unpaired) electrons. The molecule has 0 saturated heterocycles. The first-order chi connectivity index (χ1) is 8.25. The molecule has 0 amide bonds. The molecule has 3 unspecified atom stereocenters. The molecule has 5 nitrogen and oxygen atoms in total. The summed E-state index contributed by atoms with van der Waals surface area (Å²) in [4.78, 5) is 22.2. The molecule has 0 saturated carbocycles. The number of rotatable bonds is 7. The molecule has 0 spiro atoms.